The number of halogens is 2. The zero-order valence-electron chi connectivity index (χ0n) is 9.30. The van der Waals surface area contributed by atoms with Crippen LogP contribution in [0.2, 0.25) is 0 Å². The topological polar surface area (TPSA) is 74.5 Å². The maximum Gasteiger partial charge on any atom is 0.161 e. The summed E-state index contributed by atoms with van der Waals surface area (Å²) in [7, 11) is 0. The molecule has 3 rings (SSSR count). The highest BCUT2D eigenvalue weighted by atomic mass is 35.5. The van der Waals surface area contributed by atoms with Gasteiger partial charge in [0.2, 0.25) is 0 Å². The van der Waals surface area contributed by atoms with Crippen LogP contribution in [0.4, 0.5) is 4.39 Å². The number of hydrogen-bond acceptors (Lipinski definition) is 5. The molecule has 0 aromatic heterocycles. The minimum absolute atomic E-state index is 0.0380. The largest absolute Gasteiger partial charge is 0.381 e. The standard InChI is InChI=1S/C11H11ClFN5/c12-5-1-6-7(3-16-10(6)15-2-5)11-17-4-8(13)9(14)18-11/h1-3,10,15-16H,4,14H2,(H,17,18). The molecule has 18 heavy (non-hydrogen) atoms. The van der Waals surface area contributed by atoms with Gasteiger partial charge in [-0.2, -0.15) is 0 Å². The van der Waals surface area contributed by atoms with E-state index in [1.165, 1.54) is 0 Å². The van der Waals surface area contributed by atoms with Crippen molar-refractivity contribution in [1.82, 2.24) is 16.0 Å². The molecule has 0 radical (unpaired) electrons. The molecule has 5 nitrogen and oxygen atoms in total. The first-order valence-corrected chi connectivity index (χ1v) is 5.80. The van der Waals surface area contributed by atoms with Crippen molar-refractivity contribution in [3.8, 4) is 0 Å². The van der Waals surface area contributed by atoms with Crippen molar-refractivity contribution in [3.63, 3.8) is 0 Å². The molecule has 5 N–H and O–H groups in total. The Morgan fingerprint density at radius 3 is 2.94 bits per heavy atom. The molecule has 1 unspecified atom stereocenters. The van der Waals surface area contributed by atoms with E-state index in [2.05, 4.69) is 20.9 Å². The maximum atomic E-state index is 13.1. The second kappa shape index (κ2) is 4.06. The molecule has 0 fully saturated rings. The number of rotatable bonds is 1. The molecule has 0 aromatic rings. The number of nitrogens with one attached hydrogen (secondary N) is 3. The quantitative estimate of drug-likeness (QED) is 0.558. The van der Waals surface area contributed by atoms with Crippen LogP contribution >= 0.6 is 11.6 Å². The van der Waals surface area contributed by atoms with Crippen LogP contribution in [0.1, 0.15) is 0 Å². The number of allylic oxidation sites excluding steroid dienone is 2. The molecule has 3 heterocycles. The second-order valence-corrected chi connectivity index (χ2v) is 4.49. The first-order chi connectivity index (χ1) is 8.65. The summed E-state index contributed by atoms with van der Waals surface area (Å²) in [6, 6.07) is 0. The Balaban J connectivity index is 1.95. The molecule has 0 aromatic carbocycles. The minimum atomic E-state index is -0.449. The second-order valence-electron chi connectivity index (χ2n) is 4.06. The van der Waals surface area contributed by atoms with E-state index in [-0.39, 0.29) is 18.5 Å². The highest BCUT2D eigenvalue weighted by Crippen LogP contribution is 2.26. The number of dihydropyridines is 1. The monoisotopic (exact) mass is 267 g/mol. The average molecular weight is 268 g/mol. The van der Waals surface area contributed by atoms with E-state index in [0.29, 0.717) is 10.9 Å². The Bertz CT molecular complexity index is 558. The van der Waals surface area contributed by atoms with Gasteiger partial charge in [0.15, 0.2) is 11.6 Å². The molecular formula is C11H11ClFN5. The Hall–Kier alpha value is -1.95. The lowest BCUT2D eigenvalue weighted by molar-refractivity contribution is 0.581. The first-order valence-electron chi connectivity index (χ1n) is 5.42. The highest BCUT2D eigenvalue weighted by Gasteiger charge is 2.29. The number of amidine groups is 1. The van der Waals surface area contributed by atoms with Gasteiger partial charge in [0, 0.05) is 23.5 Å². The van der Waals surface area contributed by atoms with Crippen LogP contribution in [-0.4, -0.2) is 18.5 Å². The summed E-state index contributed by atoms with van der Waals surface area (Å²) in [4.78, 5) is 4.01. The Morgan fingerprint density at radius 1 is 1.39 bits per heavy atom. The van der Waals surface area contributed by atoms with Crippen molar-refractivity contribution >= 4 is 17.4 Å². The fraction of sp³-hybridized carbons (Fsp3) is 0.182. The molecule has 0 spiro atoms. The molecule has 0 amide bonds. The molecule has 0 bridgehead atoms. The van der Waals surface area contributed by atoms with E-state index in [0.717, 1.165) is 11.1 Å². The van der Waals surface area contributed by atoms with Gasteiger partial charge < -0.3 is 21.7 Å². The van der Waals surface area contributed by atoms with Crippen LogP contribution in [0, 0.1) is 0 Å². The van der Waals surface area contributed by atoms with E-state index in [1.54, 1.807) is 12.4 Å². The van der Waals surface area contributed by atoms with Crippen molar-refractivity contribution in [1.29, 1.82) is 0 Å². The van der Waals surface area contributed by atoms with Crippen molar-refractivity contribution in [2.45, 2.75) is 6.17 Å². The van der Waals surface area contributed by atoms with Crippen LogP contribution in [0.3, 0.4) is 0 Å². The van der Waals surface area contributed by atoms with Crippen molar-refractivity contribution in [2.24, 2.45) is 10.7 Å². The molecule has 3 aliphatic rings. The molecule has 1 atom stereocenters. The van der Waals surface area contributed by atoms with Gasteiger partial charge in [-0.15, -0.1) is 0 Å². The normalized spacial score (nSPS) is 26.0. The molecule has 7 heteroatoms. The lowest BCUT2D eigenvalue weighted by atomic mass is 10.0. The molecule has 94 valence electrons. The van der Waals surface area contributed by atoms with E-state index in [4.69, 9.17) is 17.3 Å². The predicted molar refractivity (Wildman–Crippen MR) is 67.9 cm³/mol. The Morgan fingerprint density at radius 2 is 2.17 bits per heavy atom. The van der Waals surface area contributed by atoms with Gasteiger partial charge in [-0.1, -0.05) is 11.6 Å². The highest BCUT2D eigenvalue weighted by molar-refractivity contribution is 6.31. The van der Waals surface area contributed by atoms with Gasteiger partial charge in [-0.05, 0) is 6.08 Å². The van der Waals surface area contributed by atoms with Crippen molar-refractivity contribution in [2.75, 3.05) is 6.54 Å². The number of aliphatic imine (C=N–C) groups is 1. The lowest BCUT2D eigenvalue weighted by Crippen LogP contribution is -2.38. The fourth-order valence-electron chi connectivity index (χ4n) is 1.98. The first kappa shape index (κ1) is 11.2. The third-order valence-electron chi connectivity index (χ3n) is 2.87. The Kier molecular flexibility index (Phi) is 2.52. The molecule has 0 aliphatic carbocycles. The third kappa shape index (κ3) is 1.74. The fourth-order valence-corrected chi connectivity index (χ4v) is 2.16. The van der Waals surface area contributed by atoms with Crippen molar-refractivity contribution < 1.29 is 4.39 Å². The Labute approximate surface area is 108 Å². The summed E-state index contributed by atoms with van der Waals surface area (Å²) >= 11 is 5.95. The van der Waals surface area contributed by atoms with Crippen LogP contribution in [-0.2, 0) is 0 Å². The number of nitrogens with zero attached hydrogens (tertiary/aromatic N) is 1. The summed E-state index contributed by atoms with van der Waals surface area (Å²) in [5.41, 5.74) is 7.26. The third-order valence-corrected chi connectivity index (χ3v) is 3.09. The van der Waals surface area contributed by atoms with Gasteiger partial charge in [0.25, 0.3) is 0 Å². The zero-order valence-corrected chi connectivity index (χ0v) is 10.1. The lowest BCUT2D eigenvalue weighted by Gasteiger charge is -2.21. The molecule has 3 aliphatic heterocycles. The van der Waals surface area contributed by atoms with Crippen molar-refractivity contribution in [3.05, 3.63) is 46.3 Å². The van der Waals surface area contributed by atoms with Gasteiger partial charge >= 0.3 is 0 Å². The number of hydrogen-bond donors (Lipinski definition) is 4. The van der Waals surface area contributed by atoms with Gasteiger partial charge in [0.1, 0.15) is 12.0 Å². The van der Waals surface area contributed by atoms with E-state index >= 15 is 0 Å². The molecule has 0 saturated carbocycles. The van der Waals surface area contributed by atoms with Gasteiger partial charge in [-0.25, -0.2) is 9.38 Å². The molecular weight excluding hydrogens is 257 g/mol. The van der Waals surface area contributed by atoms with E-state index in [9.17, 15) is 4.39 Å². The van der Waals surface area contributed by atoms with E-state index < -0.39 is 5.83 Å². The summed E-state index contributed by atoms with van der Waals surface area (Å²) < 4.78 is 13.1. The smallest absolute Gasteiger partial charge is 0.161 e. The van der Waals surface area contributed by atoms with Gasteiger partial charge in [0.05, 0.1) is 11.6 Å². The SMILES string of the molecule is NC1=C(F)CNC(C2=CNC3NC=C(Cl)C=C23)=N1. The summed E-state index contributed by atoms with van der Waals surface area (Å²) in [5, 5.41) is 9.72. The zero-order chi connectivity index (χ0) is 12.7. The predicted octanol–water partition coefficient (Wildman–Crippen LogP) is 0.508. The van der Waals surface area contributed by atoms with E-state index in [1.807, 2.05) is 6.08 Å². The summed E-state index contributed by atoms with van der Waals surface area (Å²) in [5.74, 6) is 0.0120. The van der Waals surface area contributed by atoms with Crippen LogP contribution in [0.15, 0.2) is 51.3 Å². The van der Waals surface area contributed by atoms with Crippen LogP contribution < -0.4 is 21.7 Å². The van der Waals surface area contributed by atoms with Crippen LogP contribution in [0.5, 0.6) is 0 Å². The number of nitrogens with two attached hydrogens (primary N) is 1. The summed E-state index contributed by atoms with van der Waals surface area (Å²) in [6.07, 6.45) is 5.31. The van der Waals surface area contributed by atoms with Gasteiger partial charge in [-0.3, -0.25) is 0 Å². The average Bonchev–Trinajstić information content (AvgIpc) is 2.75. The molecule has 0 saturated heterocycles. The minimum Gasteiger partial charge on any atom is -0.381 e. The maximum absolute atomic E-state index is 13.1. The number of fused-ring (bicyclic) bond motifs is 1. The summed E-state index contributed by atoms with van der Waals surface area (Å²) in [6.45, 7) is 0.0525. The van der Waals surface area contributed by atoms with Crippen LogP contribution in [0.25, 0.3) is 0 Å².